The van der Waals surface area contributed by atoms with E-state index in [0.717, 1.165) is 15.6 Å². The molecule has 1 atom stereocenters. The molecule has 1 heterocycles. The van der Waals surface area contributed by atoms with Gasteiger partial charge in [-0.15, -0.1) is 11.3 Å². The van der Waals surface area contributed by atoms with Crippen LogP contribution >= 0.6 is 11.3 Å². The standard InChI is InChI=1S/C16H21N3OS/c1-10(2)18-14-8-6-5-7-13(14)15(20)19-12(4)16-17-9-11(3)21-16/h5-10,12,18H,1-4H3,(H,19,20). The highest BCUT2D eigenvalue weighted by atomic mass is 32.1. The average molecular weight is 303 g/mol. The van der Waals surface area contributed by atoms with Gasteiger partial charge in [0, 0.05) is 22.8 Å². The molecular weight excluding hydrogens is 282 g/mol. The molecule has 1 amide bonds. The maximum absolute atomic E-state index is 12.5. The quantitative estimate of drug-likeness (QED) is 0.884. The molecule has 2 N–H and O–H groups in total. The van der Waals surface area contributed by atoms with E-state index < -0.39 is 0 Å². The lowest BCUT2D eigenvalue weighted by atomic mass is 10.1. The number of aryl methyl sites for hydroxylation is 1. The molecular formula is C16H21N3OS. The first-order valence-electron chi connectivity index (χ1n) is 7.06. The number of hydrogen-bond acceptors (Lipinski definition) is 4. The van der Waals surface area contributed by atoms with Gasteiger partial charge < -0.3 is 10.6 Å². The SMILES string of the molecule is Cc1cnc(C(C)NC(=O)c2ccccc2NC(C)C)s1. The molecule has 0 radical (unpaired) electrons. The zero-order valence-electron chi connectivity index (χ0n) is 12.8. The van der Waals surface area contributed by atoms with E-state index in [2.05, 4.69) is 29.5 Å². The Morgan fingerprint density at radius 1 is 1.24 bits per heavy atom. The molecule has 2 aromatic rings. The van der Waals surface area contributed by atoms with Crippen molar-refractivity contribution >= 4 is 22.9 Å². The van der Waals surface area contributed by atoms with E-state index in [9.17, 15) is 4.79 Å². The summed E-state index contributed by atoms with van der Waals surface area (Å²) >= 11 is 1.61. The van der Waals surface area contributed by atoms with Crippen molar-refractivity contribution in [1.29, 1.82) is 0 Å². The molecule has 0 aliphatic carbocycles. The molecule has 0 aliphatic heterocycles. The minimum absolute atomic E-state index is 0.0842. The van der Waals surface area contributed by atoms with E-state index in [1.54, 1.807) is 11.3 Å². The van der Waals surface area contributed by atoms with Crippen LogP contribution in [-0.4, -0.2) is 16.9 Å². The summed E-state index contributed by atoms with van der Waals surface area (Å²) in [6.45, 7) is 8.07. The number of thiazole rings is 1. The molecule has 1 aromatic carbocycles. The van der Waals surface area contributed by atoms with Crippen molar-refractivity contribution in [1.82, 2.24) is 10.3 Å². The Morgan fingerprint density at radius 2 is 1.95 bits per heavy atom. The molecule has 2 rings (SSSR count). The van der Waals surface area contributed by atoms with E-state index in [4.69, 9.17) is 0 Å². The van der Waals surface area contributed by atoms with Gasteiger partial charge >= 0.3 is 0 Å². The third-order valence-corrected chi connectivity index (χ3v) is 4.07. The van der Waals surface area contributed by atoms with Crippen molar-refractivity contribution in [3.63, 3.8) is 0 Å². The van der Waals surface area contributed by atoms with Crippen LogP contribution in [0.15, 0.2) is 30.5 Å². The van der Waals surface area contributed by atoms with E-state index in [1.807, 2.05) is 44.3 Å². The number of aromatic nitrogens is 1. The van der Waals surface area contributed by atoms with Gasteiger partial charge in [0.1, 0.15) is 5.01 Å². The highest BCUT2D eigenvalue weighted by Gasteiger charge is 2.16. The van der Waals surface area contributed by atoms with Crippen molar-refractivity contribution in [2.24, 2.45) is 0 Å². The zero-order valence-corrected chi connectivity index (χ0v) is 13.6. The van der Waals surface area contributed by atoms with Crippen molar-refractivity contribution in [2.75, 3.05) is 5.32 Å². The van der Waals surface area contributed by atoms with Crippen LogP contribution < -0.4 is 10.6 Å². The molecule has 0 spiro atoms. The summed E-state index contributed by atoms with van der Waals surface area (Å²) in [4.78, 5) is 17.9. The number of anilines is 1. The van der Waals surface area contributed by atoms with Crippen molar-refractivity contribution < 1.29 is 4.79 Å². The number of benzene rings is 1. The lowest BCUT2D eigenvalue weighted by Gasteiger charge is -2.16. The summed E-state index contributed by atoms with van der Waals surface area (Å²) in [5.41, 5.74) is 1.51. The Kier molecular flexibility index (Phi) is 4.96. The number of rotatable bonds is 5. The fraction of sp³-hybridized carbons (Fsp3) is 0.375. The normalized spacial score (nSPS) is 12.2. The third-order valence-electron chi connectivity index (χ3n) is 2.97. The predicted octanol–water partition coefficient (Wildman–Crippen LogP) is 3.76. The van der Waals surface area contributed by atoms with Gasteiger partial charge in [-0.25, -0.2) is 4.98 Å². The molecule has 1 unspecified atom stereocenters. The second kappa shape index (κ2) is 6.72. The van der Waals surface area contributed by atoms with Gasteiger partial charge in [-0.2, -0.15) is 0 Å². The number of para-hydroxylation sites is 1. The fourth-order valence-corrected chi connectivity index (χ4v) is 2.80. The van der Waals surface area contributed by atoms with Gasteiger partial charge in [0.2, 0.25) is 0 Å². The van der Waals surface area contributed by atoms with Crippen LogP contribution in [0.5, 0.6) is 0 Å². The molecule has 0 bridgehead atoms. The Bertz CT molecular complexity index is 621. The zero-order chi connectivity index (χ0) is 15.4. The lowest BCUT2D eigenvalue weighted by molar-refractivity contribution is 0.0940. The lowest BCUT2D eigenvalue weighted by Crippen LogP contribution is -2.27. The molecule has 0 fully saturated rings. The number of carbonyl (C=O) groups is 1. The van der Waals surface area contributed by atoms with Crippen LogP contribution in [0.25, 0.3) is 0 Å². The highest BCUT2D eigenvalue weighted by molar-refractivity contribution is 7.11. The van der Waals surface area contributed by atoms with Crippen LogP contribution in [0.3, 0.4) is 0 Å². The van der Waals surface area contributed by atoms with Crippen LogP contribution in [-0.2, 0) is 0 Å². The third kappa shape index (κ3) is 4.04. The minimum atomic E-state index is -0.0942. The van der Waals surface area contributed by atoms with Crippen molar-refractivity contribution in [2.45, 2.75) is 39.8 Å². The van der Waals surface area contributed by atoms with Gasteiger partial charge in [0.05, 0.1) is 11.6 Å². The maximum atomic E-state index is 12.5. The smallest absolute Gasteiger partial charge is 0.253 e. The highest BCUT2D eigenvalue weighted by Crippen LogP contribution is 2.21. The average Bonchev–Trinajstić information content (AvgIpc) is 2.85. The van der Waals surface area contributed by atoms with Crippen LogP contribution in [0.4, 0.5) is 5.69 Å². The first-order chi connectivity index (χ1) is 9.97. The van der Waals surface area contributed by atoms with Crippen LogP contribution in [0.1, 0.15) is 47.1 Å². The first kappa shape index (κ1) is 15.5. The van der Waals surface area contributed by atoms with E-state index in [-0.39, 0.29) is 18.0 Å². The first-order valence-corrected chi connectivity index (χ1v) is 7.87. The summed E-state index contributed by atoms with van der Waals surface area (Å²) < 4.78 is 0. The van der Waals surface area contributed by atoms with E-state index in [0.29, 0.717) is 5.56 Å². The molecule has 1 aromatic heterocycles. The Balaban J connectivity index is 2.13. The maximum Gasteiger partial charge on any atom is 0.253 e. The van der Waals surface area contributed by atoms with Gasteiger partial charge in [0.25, 0.3) is 5.91 Å². The van der Waals surface area contributed by atoms with Crippen molar-refractivity contribution in [3.8, 4) is 0 Å². The van der Waals surface area contributed by atoms with Crippen LogP contribution in [0, 0.1) is 6.92 Å². The van der Waals surface area contributed by atoms with Crippen LogP contribution in [0.2, 0.25) is 0 Å². The molecule has 21 heavy (non-hydrogen) atoms. The summed E-state index contributed by atoms with van der Waals surface area (Å²) in [5.74, 6) is -0.0842. The summed E-state index contributed by atoms with van der Waals surface area (Å²) in [6, 6.07) is 7.74. The monoisotopic (exact) mass is 303 g/mol. The molecule has 0 saturated carbocycles. The summed E-state index contributed by atoms with van der Waals surface area (Å²) in [6.07, 6.45) is 1.83. The van der Waals surface area contributed by atoms with E-state index in [1.165, 1.54) is 0 Å². The molecule has 0 saturated heterocycles. The predicted molar refractivity (Wildman–Crippen MR) is 87.9 cm³/mol. The summed E-state index contributed by atoms with van der Waals surface area (Å²) in [5, 5.41) is 7.23. The Hall–Kier alpha value is -1.88. The number of carbonyl (C=O) groups excluding carboxylic acids is 1. The van der Waals surface area contributed by atoms with Crippen molar-refractivity contribution in [3.05, 3.63) is 45.9 Å². The molecule has 4 nitrogen and oxygen atoms in total. The van der Waals surface area contributed by atoms with Gasteiger partial charge in [0.15, 0.2) is 0 Å². The number of nitrogens with one attached hydrogen (secondary N) is 2. The van der Waals surface area contributed by atoms with Gasteiger partial charge in [-0.1, -0.05) is 12.1 Å². The Morgan fingerprint density at radius 3 is 2.57 bits per heavy atom. The number of nitrogens with zero attached hydrogens (tertiary/aromatic N) is 1. The van der Waals surface area contributed by atoms with Gasteiger partial charge in [-0.3, -0.25) is 4.79 Å². The largest absolute Gasteiger partial charge is 0.382 e. The fourth-order valence-electron chi connectivity index (χ4n) is 2.03. The molecule has 5 heteroatoms. The number of amides is 1. The number of hydrogen-bond donors (Lipinski definition) is 2. The minimum Gasteiger partial charge on any atom is -0.382 e. The second-order valence-electron chi connectivity index (χ2n) is 5.35. The topological polar surface area (TPSA) is 54.0 Å². The van der Waals surface area contributed by atoms with Gasteiger partial charge in [-0.05, 0) is 39.8 Å². The molecule has 0 aliphatic rings. The summed E-state index contributed by atoms with van der Waals surface area (Å²) in [7, 11) is 0. The molecule has 112 valence electrons. The Labute approximate surface area is 129 Å². The van der Waals surface area contributed by atoms with E-state index >= 15 is 0 Å². The second-order valence-corrected chi connectivity index (χ2v) is 6.62.